The Morgan fingerprint density at radius 3 is 2.69 bits per heavy atom. The van der Waals surface area contributed by atoms with Gasteiger partial charge in [-0.15, -0.1) is 0 Å². The molecule has 77 valence electrons. The van der Waals surface area contributed by atoms with Crippen molar-refractivity contribution >= 4 is 0 Å². The van der Waals surface area contributed by atoms with Crippen molar-refractivity contribution < 1.29 is 4.74 Å². The molecule has 1 nitrogen and oxygen atoms in total. The van der Waals surface area contributed by atoms with Gasteiger partial charge in [0.05, 0.1) is 12.7 Å². The molecule has 1 fully saturated rings. The number of hydrogen-bond acceptors (Lipinski definition) is 1. The molecule has 1 aliphatic rings. The normalized spacial score (nSPS) is 35.3. The van der Waals surface area contributed by atoms with Gasteiger partial charge in [-0.2, -0.15) is 0 Å². The minimum Gasteiger partial charge on any atom is -0.373 e. The van der Waals surface area contributed by atoms with E-state index in [1.54, 1.807) is 0 Å². The van der Waals surface area contributed by atoms with Crippen LogP contribution in [0.2, 0.25) is 0 Å². The van der Waals surface area contributed by atoms with Crippen LogP contribution >= 0.6 is 0 Å². The van der Waals surface area contributed by atoms with E-state index in [1.165, 1.54) is 25.7 Å². The Morgan fingerprint density at radius 1 is 1.46 bits per heavy atom. The van der Waals surface area contributed by atoms with Crippen LogP contribution in [-0.2, 0) is 4.74 Å². The molecule has 0 aromatic carbocycles. The van der Waals surface area contributed by atoms with Crippen LogP contribution in [0.3, 0.4) is 0 Å². The first-order chi connectivity index (χ1) is 6.08. The van der Waals surface area contributed by atoms with Crippen LogP contribution in [-0.4, -0.2) is 6.10 Å². The molecule has 1 saturated carbocycles. The summed E-state index contributed by atoms with van der Waals surface area (Å²) in [6, 6.07) is 0. The highest BCUT2D eigenvalue weighted by Crippen LogP contribution is 2.42. The molecule has 0 aromatic heterocycles. The molecule has 1 rings (SSSR count). The van der Waals surface area contributed by atoms with E-state index in [0.717, 1.165) is 5.92 Å². The summed E-state index contributed by atoms with van der Waals surface area (Å²) in [5.41, 5.74) is 0.506. The number of rotatable bonds is 3. The van der Waals surface area contributed by atoms with E-state index in [2.05, 4.69) is 20.8 Å². The van der Waals surface area contributed by atoms with Crippen molar-refractivity contribution in [1.82, 2.24) is 0 Å². The summed E-state index contributed by atoms with van der Waals surface area (Å²) in [5, 5.41) is 0. The molecule has 0 bridgehead atoms. The zero-order chi connectivity index (χ0) is 9.90. The second-order valence-electron chi connectivity index (χ2n) is 4.90. The summed E-state index contributed by atoms with van der Waals surface area (Å²) in [7, 11) is 0. The number of ether oxygens (including phenoxy) is 1. The van der Waals surface area contributed by atoms with Crippen LogP contribution in [0.25, 0.3) is 0 Å². The van der Waals surface area contributed by atoms with Crippen molar-refractivity contribution in [3.8, 4) is 0 Å². The van der Waals surface area contributed by atoms with E-state index >= 15 is 0 Å². The molecule has 1 aliphatic carbocycles. The summed E-state index contributed by atoms with van der Waals surface area (Å²) in [4.78, 5) is 0. The fourth-order valence-electron chi connectivity index (χ4n) is 2.29. The molecule has 0 amide bonds. The lowest BCUT2D eigenvalue weighted by Crippen LogP contribution is -2.34. The Labute approximate surface area is 82.9 Å². The average molecular weight is 183 g/mol. The molecule has 0 spiro atoms. The van der Waals surface area contributed by atoms with Gasteiger partial charge in [0.1, 0.15) is 0 Å². The Kier molecular flexibility index (Phi) is 3.78. The second-order valence-corrected chi connectivity index (χ2v) is 4.90. The third-order valence-electron chi connectivity index (χ3n) is 3.69. The van der Waals surface area contributed by atoms with Crippen molar-refractivity contribution in [1.29, 1.82) is 0 Å². The second kappa shape index (κ2) is 4.45. The molecule has 0 aromatic rings. The third kappa shape index (κ3) is 2.70. The van der Waals surface area contributed by atoms with Crippen LogP contribution in [0, 0.1) is 17.9 Å². The zero-order valence-electron chi connectivity index (χ0n) is 9.47. The zero-order valence-corrected chi connectivity index (χ0v) is 9.47. The minimum atomic E-state index is 0.478. The molecule has 0 aliphatic heterocycles. The Bertz CT molecular complexity index is 151. The van der Waals surface area contributed by atoms with E-state index in [-0.39, 0.29) is 0 Å². The van der Waals surface area contributed by atoms with Gasteiger partial charge in [-0.1, -0.05) is 27.2 Å². The van der Waals surface area contributed by atoms with Crippen LogP contribution in [0.15, 0.2) is 0 Å². The molecule has 2 unspecified atom stereocenters. The van der Waals surface area contributed by atoms with E-state index in [1.807, 2.05) is 13.5 Å². The maximum absolute atomic E-state index is 5.60. The first kappa shape index (κ1) is 11.0. The molecule has 0 N–H and O–H groups in total. The van der Waals surface area contributed by atoms with Crippen molar-refractivity contribution in [2.45, 2.75) is 59.5 Å². The van der Waals surface area contributed by atoms with Gasteiger partial charge in [0.15, 0.2) is 0 Å². The van der Waals surface area contributed by atoms with Crippen LogP contribution in [0.4, 0.5) is 0 Å². The van der Waals surface area contributed by atoms with Gasteiger partial charge in [0.2, 0.25) is 0 Å². The SMILES string of the molecule is C[CH]OC1CCCC(C)(C(C)C)C1. The molecule has 13 heavy (non-hydrogen) atoms. The quantitative estimate of drug-likeness (QED) is 0.647. The molecular formula is C12H23O. The van der Waals surface area contributed by atoms with Gasteiger partial charge >= 0.3 is 0 Å². The lowest BCUT2D eigenvalue weighted by atomic mass is 9.67. The van der Waals surface area contributed by atoms with Gasteiger partial charge in [0.25, 0.3) is 0 Å². The lowest BCUT2D eigenvalue weighted by molar-refractivity contribution is 0.00372. The predicted octanol–water partition coefficient (Wildman–Crippen LogP) is 3.79. The standard InChI is InChI=1S/C12H23O/c1-5-13-11-7-6-8-12(4,9-11)10(2)3/h5,10-11H,6-9H2,1-4H3. The highest BCUT2D eigenvalue weighted by molar-refractivity contribution is 4.86. The first-order valence-electron chi connectivity index (χ1n) is 5.52. The first-order valence-corrected chi connectivity index (χ1v) is 5.52. The van der Waals surface area contributed by atoms with Gasteiger partial charge in [-0.3, -0.25) is 0 Å². The topological polar surface area (TPSA) is 9.23 Å². The fraction of sp³-hybridized carbons (Fsp3) is 0.917. The van der Waals surface area contributed by atoms with E-state index in [4.69, 9.17) is 4.74 Å². The summed E-state index contributed by atoms with van der Waals surface area (Å²) >= 11 is 0. The lowest BCUT2D eigenvalue weighted by Gasteiger charge is -2.41. The van der Waals surface area contributed by atoms with Gasteiger partial charge in [-0.25, -0.2) is 0 Å². The average Bonchev–Trinajstić information content (AvgIpc) is 2.04. The van der Waals surface area contributed by atoms with Gasteiger partial charge in [0, 0.05) is 0 Å². The Morgan fingerprint density at radius 2 is 2.15 bits per heavy atom. The van der Waals surface area contributed by atoms with E-state index in [9.17, 15) is 0 Å². The molecule has 2 atom stereocenters. The summed E-state index contributed by atoms with van der Waals surface area (Å²) < 4.78 is 5.60. The van der Waals surface area contributed by atoms with Crippen molar-refractivity contribution in [2.24, 2.45) is 11.3 Å². The minimum absolute atomic E-state index is 0.478. The molecule has 0 heterocycles. The summed E-state index contributed by atoms with van der Waals surface area (Å²) in [6.45, 7) is 10.9. The van der Waals surface area contributed by atoms with Gasteiger partial charge < -0.3 is 4.74 Å². The summed E-state index contributed by atoms with van der Waals surface area (Å²) in [6.07, 6.45) is 5.65. The monoisotopic (exact) mass is 183 g/mol. The summed E-state index contributed by atoms with van der Waals surface area (Å²) in [5.74, 6) is 0.774. The molecule has 1 radical (unpaired) electrons. The smallest absolute Gasteiger partial charge is 0.0809 e. The predicted molar refractivity (Wildman–Crippen MR) is 56.3 cm³/mol. The Hall–Kier alpha value is -0.0400. The van der Waals surface area contributed by atoms with Gasteiger partial charge in [-0.05, 0) is 37.5 Å². The molecule has 1 heteroatoms. The van der Waals surface area contributed by atoms with E-state index in [0.29, 0.717) is 11.5 Å². The highest BCUT2D eigenvalue weighted by Gasteiger charge is 2.34. The fourth-order valence-corrected chi connectivity index (χ4v) is 2.29. The van der Waals surface area contributed by atoms with Crippen molar-refractivity contribution in [3.63, 3.8) is 0 Å². The molecular weight excluding hydrogens is 160 g/mol. The third-order valence-corrected chi connectivity index (χ3v) is 3.69. The maximum Gasteiger partial charge on any atom is 0.0809 e. The van der Waals surface area contributed by atoms with Crippen molar-refractivity contribution in [2.75, 3.05) is 0 Å². The van der Waals surface area contributed by atoms with Crippen molar-refractivity contribution in [3.05, 3.63) is 6.61 Å². The molecule has 0 saturated heterocycles. The van der Waals surface area contributed by atoms with E-state index < -0.39 is 0 Å². The highest BCUT2D eigenvalue weighted by atomic mass is 16.5. The Balaban J connectivity index is 2.49. The number of hydrogen-bond donors (Lipinski definition) is 0. The van der Waals surface area contributed by atoms with Crippen LogP contribution in [0.1, 0.15) is 53.4 Å². The maximum atomic E-state index is 5.60. The largest absolute Gasteiger partial charge is 0.373 e. The van der Waals surface area contributed by atoms with Crippen LogP contribution < -0.4 is 0 Å². The van der Waals surface area contributed by atoms with Crippen LogP contribution in [0.5, 0.6) is 0 Å².